The summed E-state index contributed by atoms with van der Waals surface area (Å²) in [6.07, 6.45) is -1.24. The highest BCUT2D eigenvalue weighted by atomic mass is 31.2. The van der Waals surface area contributed by atoms with Crippen molar-refractivity contribution in [2.45, 2.75) is 49.5 Å². The number of phosphoric acid groups is 2. The van der Waals surface area contributed by atoms with E-state index in [1.54, 1.807) is 6.33 Å². The zero-order valence-corrected chi connectivity index (χ0v) is 26.5. The van der Waals surface area contributed by atoms with Crippen molar-refractivity contribution < 1.29 is 46.5 Å². The summed E-state index contributed by atoms with van der Waals surface area (Å²) in [5.41, 5.74) is 11.2. The second-order valence-electron chi connectivity index (χ2n) is 12.0. The summed E-state index contributed by atoms with van der Waals surface area (Å²) < 4.78 is 64.4. The molecule has 2 saturated heterocycles. The molecule has 47 heavy (non-hydrogen) atoms. The molecule has 4 fully saturated rings. The average Bonchev–Trinajstić information content (AvgIpc) is 3.30. The quantitative estimate of drug-likeness (QED) is 0.177. The van der Waals surface area contributed by atoms with Gasteiger partial charge in [-0.3, -0.25) is 32.4 Å². The number of anilines is 2. The third kappa shape index (κ3) is 4.76. The lowest BCUT2D eigenvalue weighted by molar-refractivity contribution is -0.0601. The predicted octanol–water partition coefficient (Wildman–Crippen LogP) is 0.0354. The van der Waals surface area contributed by atoms with Gasteiger partial charge in [-0.05, 0) is 12.3 Å². The van der Waals surface area contributed by atoms with Crippen LogP contribution in [0.5, 0.6) is 0 Å². The molecule has 4 aliphatic rings. The van der Waals surface area contributed by atoms with E-state index in [4.69, 9.17) is 39.0 Å². The molecule has 4 aromatic heterocycles. The largest absolute Gasteiger partial charge is 0.472 e. The van der Waals surface area contributed by atoms with Gasteiger partial charge >= 0.3 is 15.6 Å². The average molecular weight is 697 g/mol. The molecular formula is C24H30N10O11P2. The number of aromatic amines is 1. The highest BCUT2D eigenvalue weighted by Crippen LogP contribution is 2.70. The van der Waals surface area contributed by atoms with Crippen molar-refractivity contribution >= 4 is 49.7 Å². The zero-order chi connectivity index (χ0) is 33.0. The summed E-state index contributed by atoms with van der Waals surface area (Å²) in [5, 5.41) is 0. The zero-order valence-electron chi connectivity index (χ0n) is 24.7. The molecule has 0 radical (unpaired) electrons. The van der Waals surface area contributed by atoms with Gasteiger partial charge in [0.25, 0.3) is 5.56 Å². The number of rotatable bonds is 3. The van der Waals surface area contributed by atoms with Crippen LogP contribution in [0, 0.1) is 17.8 Å². The van der Waals surface area contributed by atoms with Crippen LogP contribution in [-0.2, 0) is 42.2 Å². The minimum absolute atomic E-state index is 0.0147. The molecule has 2 aliphatic heterocycles. The third-order valence-corrected chi connectivity index (χ3v) is 11.7. The monoisotopic (exact) mass is 696 g/mol. The number of hydrogen-bond donors (Lipinski definition) is 5. The normalized spacial score (nSPS) is 40.4. The molecule has 2 bridgehead atoms. The van der Waals surface area contributed by atoms with E-state index in [1.807, 2.05) is 11.5 Å². The van der Waals surface area contributed by atoms with E-state index in [2.05, 4.69) is 29.9 Å². The molecule has 21 nitrogen and oxygen atoms in total. The van der Waals surface area contributed by atoms with Gasteiger partial charge in [-0.15, -0.1) is 0 Å². The molecule has 4 aromatic rings. The van der Waals surface area contributed by atoms with E-state index in [9.17, 15) is 23.7 Å². The van der Waals surface area contributed by atoms with Crippen LogP contribution in [0.3, 0.4) is 0 Å². The van der Waals surface area contributed by atoms with Crippen LogP contribution in [0.1, 0.15) is 19.6 Å². The van der Waals surface area contributed by atoms with Gasteiger partial charge in [-0.1, -0.05) is 6.92 Å². The van der Waals surface area contributed by atoms with Crippen molar-refractivity contribution in [2.24, 2.45) is 17.8 Å². The minimum Gasteiger partial charge on any atom is -0.382 e. The first-order valence-corrected chi connectivity index (χ1v) is 17.5. The lowest BCUT2D eigenvalue weighted by Crippen LogP contribution is -2.37. The Bertz CT molecular complexity index is 2060. The number of aromatic nitrogens is 8. The van der Waals surface area contributed by atoms with Crippen LogP contribution in [0.15, 0.2) is 23.8 Å². The van der Waals surface area contributed by atoms with Gasteiger partial charge in [0, 0.05) is 18.9 Å². The number of nitrogen functional groups attached to an aromatic ring is 2. The molecule has 7 N–H and O–H groups in total. The number of ether oxygens (including phenoxy) is 2. The minimum atomic E-state index is -4.90. The third-order valence-electron chi connectivity index (χ3n) is 9.68. The fraction of sp³-hybridized carbons (Fsp3) is 0.583. The van der Waals surface area contributed by atoms with Crippen molar-refractivity contribution in [3.8, 4) is 0 Å². The Labute approximate surface area is 263 Å². The van der Waals surface area contributed by atoms with Crippen LogP contribution >= 0.6 is 15.6 Å². The van der Waals surface area contributed by atoms with Crippen LogP contribution in [0.25, 0.3) is 22.3 Å². The van der Waals surface area contributed by atoms with Gasteiger partial charge in [0.2, 0.25) is 5.95 Å². The van der Waals surface area contributed by atoms with Gasteiger partial charge < -0.3 is 35.3 Å². The topological polar surface area (TPSA) is 289 Å². The van der Waals surface area contributed by atoms with Crippen molar-refractivity contribution in [1.29, 1.82) is 0 Å². The molecule has 3 unspecified atom stereocenters. The molecule has 23 heteroatoms. The summed E-state index contributed by atoms with van der Waals surface area (Å²) in [5.74, 6) is -1.36. The Balaban J connectivity index is 1.15. The fourth-order valence-electron chi connectivity index (χ4n) is 7.57. The summed E-state index contributed by atoms with van der Waals surface area (Å²) in [7, 11) is -8.39. The van der Waals surface area contributed by atoms with Crippen LogP contribution < -0.4 is 17.0 Å². The van der Waals surface area contributed by atoms with Crippen LogP contribution in [0.4, 0.5) is 11.8 Å². The molecule has 2 saturated carbocycles. The highest BCUT2D eigenvalue weighted by molar-refractivity contribution is 7.47. The van der Waals surface area contributed by atoms with Crippen molar-refractivity contribution in [2.75, 3.05) is 31.8 Å². The molecule has 0 amide bonds. The van der Waals surface area contributed by atoms with Crippen molar-refractivity contribution in [3.63, 3.8) is 0 Å². The number of imidazole rings is 2. The number of nitrogens with zero attached hydrogens (tertiary/aromatic N) is 7. The number of nitrogens with one attached hydrogen (secondary N) is 1. The van der Waals surface area contributed by atoms with Crippen molar-refractivity contribution in [3.05, 3.63) is 29.3 Å². The van der Waals surface area contributed by atoms with Gasteiger partial charge in [-0.25, -0.2) is 29.1 Å². The lowest BCUT2D eigenvalue weighted by Gasteiger charge is -2.31. The second-order valence-corrected chi connectivity index (χ2v) is 14.8. The Hall–Kier alpha value is -3.36. The maximum absolute atomic E-state index is 13.6. The molecular weight excluding hydrogens is 666 g/mol. The second kappa shape index (κ2) is 10.6. The van der Waals surface area contributed by atoms with Gasteiger partial charge in [0.05, 0.1) is 37.5 Å². The van der Waals surface area contributed by atoms with E-state index < -0.39 is 75.8 Å². The maximum Gasteiger partial charge on any atom is 0.472 e. The Morgan fingerprint density at radius 2 is 1.74 bits per heavy atom. The lowest BCUT2D eigenvalue weighted by atomic mass is 9.94. The van der Waals surface area contributed by atoms with E-state index >= 15 is 0 Å². The molecule has 6 heterocycles. The number of hydrogen-bond acceptors (Lipinski definition) is 16. The molecule has 252 valence electrons. The van der Waals surface area contributed by atoms with Crippen molar-refractivity contribution in [1.82, 2.24) is 39.0 Å². The first kappa shape index (κ1) is 30.9. The standard InChI is InChI=1S/C24H30N10O11P2/c1-9-15-10(11-3-24(9,11)34-8-30-13-18(25)27-6-28-19(13)34)4-41-46(36,37)45-17-16(40-2)12(5-42-47(38,39)44-15)43-22(17)33-7-29-14-20(33)31-23(26)32-21(14)35/h6-12,15-17,22H,3-5H2,1-2H3,(H,36,37)(H,38,39)(H2,25,27,28)(H3,26,31,32,35)/t9-,10+,11+,12-,15+,16-,17-,22-,24?/m1/s1. The van der Waals surface area contributed by atoms with E-state index in [1.165, 1.54) is 24.3 Å². The van der Waals surface area contributed by atoms with E-state index in [0.717, 1.165) is 0 Å². The number of methoxy groups -OCH3 is 1. The summed E-state index contributed by atoms with van der Waals surface area (Å²) >= 11 is 0. The van der Waals surface area contributed by atoms with Gasteiger partial charge in [-0.2, -0.15) is 4.98 Å². The molecule has 0 spiro atoms. The van der Waals surface area contributed by atoms with E-state index in [-0.39, 0.29) is 35.5 Å². The Kier molecular flexibility index (Phi) is 6.96. The molecule has 11 atom stereocenters. The van der Waals surface area contributed by atoms with E-state index in [0.29, 0.717) is 17.6 Å². The van der Waals surface area contributed by atoms with Gasteiger partial charge in [0.15, 0.2) is 28.9 Å². The highest BCUT2D eigenvalue weighted by Gasteiger charge is 2.72. The Morgan fingerprint density at radius 3 is 2.51 bits per heavy atom. The number of H-pyrrole nitrogens is 1. The first-order valence-electron chi connectivity index (χ1n) is 14.5. The molecule has 2 aliphatic carbocycles. The first-order chi connectivity index (χ1) is 22.3. The summed E-state index contributed by atoms with van der Waals surface area (Å²) in [6.45, 7) is 0.899. The SMILES string of the molecule is CO[C@H]1[C@H]2OP(=O)(O)OC[C@@H]3[C@@H](OP(=O)(O)OC[C@H]1O[C@H]2n1cnc2c(=O)[nH]c(N)nc21)[C@@H](C)C1(n2cnc4c(N)ncnc42)C[C@@H]31. The number of fused-ring (bicyclic) bond motifs is 7. The smallest absolute Gasteiger partial charge is 0.382 e. The van der Waals surface area contributed by atoms with Crippen LogP contribution in [0.2, 0.25) is 0 Å². The number of phosphoric ester groups is 2. The Morgan fingerprint density at radius 1 is 1.02 bits per heavy atom. The fourth-order valence-corrected chi connectivity index (χ4v) is 9.56. The van der Waals surface area contributed by atoms with Crippen LogP contribution in [-0.4, -0.2) is 93.6 Å². The maximum atomic E-state index is 13.6. The predicted molar refractivity (Wildman–Crippen MR) is 157 cm³/mol. The van der Waals surface area contributed by atoms with Gasteiger partial charge in [0.1, 0.15) is 30.2 Å². The molecule has 0 aromatic carbocycles. The number of nitrogens with two attached hydrogens (primary N) is 2. The molecule has 8 rings (SSSR count). The summed E-state index contributed by atoms with van der Waals surface area (Å²) in [6, 6.07) is 0. The summed E-state index contributed by atoms with van der Waals surface area (Å²) in [4.78, 5) is 57.7.